The largest absolute Gasteiger partial charge is 0.346 e. The van der Waals surface area contributed by atoms with Crippen LogP contribution in [0.15, 0.2) is 12.4 Å². The van der Waals surface area contributed by atoms with Gasteiger partial charge in [0.25, 0.3) is 5.91 Å². The summed E-state index contributed by atoms with van der Waals surface area (Å²) in [7, 11) is 0. The Balaban J connectivity index is 2.40. The molecule has 1 aliphatic carbocycles. The monoisotopic (exact) mass is 172 g/mol. The van der Waals surface area contributed by atoms with Gasteiger partial charge in [-0.1, -0.05) is 6.58 Å². The lowest BCUT2D eigenvalue weighted by molar-refractivity contribution is -0.119. The third-order valence-electron chi connectivity index (χ3n) is 2.13. The maximum absolute atomic E-state index is 12.2. The highest BCUT2D eigenvalue weighted by molar-refractivity contribution is 5.90. The Morgan fingerprint density at radius 3 is 2.67 bits per heavy atom. The molecule has 0 aromatic rings. The topological polar surface area (TPSA) is 55.1 Å². The second-order valence-corrected chi connectivity index (χ2v) is 3.08. The van der Waals surface area contributed by atoms with Gasteiger partial charge < -0.3 is 11.1 Å². The molecule has 0 aromatic carbocycles. The van der Waals surface area contributed by atoms with E-state index >= 15 is 0 Å². The molecule has 1 rings (SSSR count). The lowest BCUT2D eigenvalue weighted by Crippen LogP contribution is -2.44. The molecule has 0 aromatic heterocycles. The van der Waals surface area contributed by atoms with E-state index in [4.69, 9.17) is 5.73 Å². The van der Waals surface area contributed by atoms with Gasteiger partial charge in [-0.3, -0.25) is 4.79 Å². The number of carbonyl (C=O) groups is 1. The smallest absolute Gasteiger partial charge is 0.279 e. The van der Waals surface area contributed by atoms with Crippen molar-refractivity contribution in [1.29, 1.82) is 0 Å². The van der Waals surface area contributed by atoms with Gasteiger partial charge in [0.05, 0.1) is 0 Å². The van der Waals surface area contributed by atoms with Gasteiger partial charge in [0.2, 0.25) is 0 Å². The summed E-state index contributed by atoms with van der Waals surface area (Å²) in [6, 6.07) is -0.113. The zero-order valence-corrected chi connectivity index (χ0v) is 6.85. The molecule has 0 heterocycles. The fraction of sp³-hybridized carbons (Fsp3) is 0.625. The van der Waals surface area contributed by atoms with Crippen molar-refractivity contribution >= 4 is 5.91 Å². The molecule has 0 unspecified atom stereocenters. The first-order valence-electron chi connectivity index (χ1n) is 4.02. The summed E-state index contributed by atoms with van der Waals surface area (Å²) < 4.78 is 12.2. The van der Waals surface area contributed by atoms with Crippen LogP contribution in [0.4, 0.5) is 4.39 Å². The van der Waals surface area contributed by atoms with Gasteiger partial charge in [0, 0.05) is 12.1 Å². The lowest BCUT2D eigenvalue weighted by atomic mass is 10.2. The third-order valence-corrected chi connectivity index (χ3v) is 2.13. The quantitative estimate of drug-likeness (QED) is 0.595. The number of hydrogen-bond acceptors (Lipinski definition) is 2. The molecule has 0 aliphatic heterocycles. The second-order valence-electron chi connectivity index (χ2n) is 3.08. The molecule has 3 N–H and O–H groups in total. The highest BCUT2D eigenvalue weighted by Crippen LogP contribution is 2.17. The number of nitrogens with two attached hydrogens (primary N) is 1. The number of nitrogens with one attached hydrogen (secondary N) is 1. The van der Waals surface area contributed by atoms with E-state index in [1.54, 1.807) is 0 Å². The van der Waals surface area contributed by atoms with E-state index in [0.29, 0.717) is 0 Å². The second kappa shape index (κ2) is 3.67. The molecule has 1 aliphatic rings. The van der Waals surface area contributed by atoms with Crippen molar-refractivity contribution in [2.45, 2.75) is 31.3 Å². The summed E-state index contributed by atoms with van der Waals surface area (Å²) in [5.74, 6) is -1.69. The van der Waals surface area contributed by atoms with Crippen LogP contribution in [-0.2, 0) is 4.79 Å². The minimum absolute atomic E-state index is 0.0340. The fourth-order valence-corrected chi connectivity index (χ4v) is 1.41. The molecular weight excluding hydrogens is 159 g/mol. The standard InChI is InChI=1S/C8H13FN2O/c1-5(9)8(12)11-7-4-2-3-6(7)10/h6-7H,1-4,10H2,(H,11,12)/t6-,7+/m1/s1. The van der Waals surface area contributed by atoms with Crippen molar-refractivity contribution in [1.82, 2.24) is 5.32 Å². The third kappa shape index (κ3) is 2.04. The van der Waals surface area contributed by atoms with Crippen LogP contribution in [-0.4, -0.2) is 18.0 Å². The molecular formula is C8H13FN2O. The van der Waals surface area contributed by atoms with Gasteiger partial charge in [-0.05, 0) is 19.3 Å². The summed E-state index contributed by atoms with van der Waals surface area (Å²) in [6.45, 7) is 2.90. The zero-order chi connectivity index (χ0) is 9.14. The molecule has 68 valence electrons. The molecule has 1 saturated carbocycles. The van der Waals surface area contributed by atoms with Gasteiger partial charge in [-0.15, -0.1) is 0 Å². The average molecular weight is 172 g/mol. The van der Waals surface area contributed by atoms with Crippen molar-refractivity contribution in [2.75, 3.05) is 0 Å². The van der Waals surface area contributed by atoms with Crippen LogP contribution in [0, 0.1) is 0 Å². The molecule has 1 fully saturated rings. The van der Waals surface area contributed by atoms with Gasteiger partial charge >= 0.3 is 0 Å². The minimum atomic E-state index is -0.950. The first-order valence-corrected chi connectivity index (χ1v) is 4.02. The Bertz CT molecular complexity index is 205. The molecule has 12 heavy (non-hydrogen) atoms. The van der Waals surface area contributed by atoms with E-state index in [1.165, 1.54) is 0 Å². The average Bonchev–Trinajstić information content (AvgIpc) is 2.36. The minimum Gasteiger partial charge on any atom is -0.346 e. The summed E-state index contributed by atoms with van der Waals surface area (Å²) in [5, 5.41) is 2.49. The van der Waals surface area contributed by atoms with Gasteiger partial charge in [-0.2, -0.15) is 0 Å². The Morgan fingerprint density at radius 1 is 1.58 bits per heavy atom. The van der Waals surface area contributed by atoms with Gasteiger partial charge in [0.15, 0.2) is 5.83 Å². The van der Waals surface area contributed by atoms with Gasteiger partial charge in [-0.25, -0.2) is 4.39 Å². The first kappa shape index (κ1) is 9.19. The Labute approximate surface area is 70.8 Å². The van der Waals surface area contributed by atoms with E-state index in [2.05, 4.69) is 11.9 Å². The number of hydrogen-bond donors (Lipinski definition) is 2. The molecule has 0 spiro atoms. The van der Waals surface area contributed by atoms with Crippen molar-refractivity contribution in [3.05, 3.63) is 12.4 Å². The van der Waals surface area contributed by atoms with Crippen LogP contribution >= 0.6 is 0 Å². The number of carbonyl (C=O) groups excluding carboxylic acids is 1. The van der Waals surface area contributed by atoms with Crippen LogP contribution in [0.25, 0.3) is 0 Å². The highest BCUT2D eigenvalue weighted by atomic mass is 19.1. The van der Waals surface area contributed by atoms with Crippen LogP contribution in [0.1, 0.15) is 19.3 Å². The van der Waals surface area contributed by atoms with Crippen molar-refractivity contribution in [3.8, 4) is 0 Å². The van der Waals surface area contributed by atoms with Crippen LogP contribution in [0.5, 0.6) is 0 Å². The fourth-order valence-electron chi connectivity index (χ4n) is 1.41. The predicted molar refractivity (Wildman–Crippen MR) is 44.0 cm³/mol. The van der Waals surface area contributed by atoms with E-state index < -0.39 is 11.7 Å². The zero-order valence-electron chi connectivity index (χ0n) is 6.85. The van der Waals surface area contributed by atoms with Crippen LogP contribution in [0.3, 0.4) is 0 Å². The summed E-state index contributed by atoms with van der Waals surface area (Å²) in [5.41, 5.74) is 5.66. The molecule has 4 heteroatoms. The number of rotatable bonds is 2. The molecule has 0 radical (unpaired) electrons. The molecule has 0 saturated heterocycles. The Kier molecular flexibility index (Phi) is 2.81. The van der Waals surface area contributed by atoms with Crippen molar-refractivity contribution in [2.24, 2.45) is 5.73 Å². The van der Waals surface area contributed by atoms with Crippen LogP contribution < -0.4 is 11.1 Å². The maximum atomic E-state index is 12.2. The predicted octanol–water partition coefficient (Wildman–Crippen LogP) is 0.466. The molecule has 2 atom stereocenters. The van der Waals surface area contributed by atoms with Crippen molar-refractivity contribution in [3.63, 3.8) is 0 Å². The summed E-state index contributed by atoms with van der Waals surface area (Å²) in [4.78, 5) is 10.8. The van der Waals surface area contributed by atoms with E-state index in [-0.39, 0.29) is 12.1 Å². The summed E-state index contributed by atoms with van der Waals surface area (Å²) in [6.07, 6.45) is 2.72. The van der Waals surface area contributed by atoms with Crippen LogP contribution in [0.2, 0.25) is 0 Å². The Morgan fingerprint density at radius 2 is 2.25 bits per heavy atom. The van der Waals surface area contributed by atoms with E-state index in [9.17, 15) is 9.18 Å². The molecule has 1 amide bonds. The highest BCUT2D eigenvalue weighted by Gasteiger charge is 2.25. The van der Waals surface area contributed by atoms with E-state index in [0.717, 1.165) is 19.3 Å². The maximum Gasteiger partial charge on any atom is 0.279 e. The summed E-state index contributed by atoms with van der Waals surface area (Å²) >= 11 is 0. The van der Waals surface area contributed by atoms with Crippen molar-refractivity contribution < 1.29 is 9.18 Å². The normalized spacial score (nSPS) is 28.5. The number of amides is 1. The molecule has 3 nitrogen and oxygen atoms in total. The van der Waals surface area contributed by atoms with E-state index in [1.807, 2.05) is 0 Å². The number of halogens is 1. The first-order chi connectivity index (χ1) is 5.61. The Hall–Kier alpha value is -0.900. The van der Waals surface area contributed by atoms with Gasteiger partial charge in [0.1, 0.15) is 0 Å². The lowest BCUT2D eigenvalue weighted by Gasteiger charge is -2.15. The molecule has 0 bridgehead atoms. The SMILES string of the molecule is C=C(F)C(=O)N[C@H]1CCC[C@H]1N.